The Hall–Kier alpha value is -0.420. The molecule has 0 amide bonds. The maximum absolute atomic E-state index is 13.8. The number of rotatable bonds is 1. The molecule has 0 saturated heterocycles. The minimum absolute atomic E-state index is 0.0662. The Kier molecular flexibility index (Phi) is 3.26. The molecule has 0 saturated carbocycles. The van der Waals surface area contributed by atoms with Gasteiger partial charge < -0.3 is 0 Å². The Morgan fingerprint density at radius 3 is 1.87 bits per heavy atom. The number of halogens is 1. The molecule has 0 aliphatic heterocycles. The van der Waals surface area contributed by atoms with Gasteiger partial charge in [-0.1, -0.05) is 53.8 Å². The van der Waals surface area contributed by atoms with Crippen molar-refractivity contribution >= 4 is 9.24 Å². The van der Waals surface area contributed by atoms with Crippen molar-refractivity contribution in [2.24, 2.45) is 0 Å². The lowest BCUT2D eigenvalue weighted by Gasteiger charge is -2.23. The highest BCUT2D eigenvalue weighted by atomic mass is 31.0. The number of alkyl halides is 1. The third kappa shape index (κ3) is 3.28. The van der Waals surface area contributed by atoms with Gasteiger partial charge in [-0.15, -0.1) is 0 Å². The second-order valence-corrected chi connectivity index (χ2v) is 6.50. The maximum atomic E-state index is 13.8. The summed E-state index contributed by atoms with van der Waals surface area (Å²) in [5, 5.41) is -1.34. The van der Waals surface area contributed by atoms with Crippen molar-refractivity contribution in [3.8, 4) is 0 Å². The van der Waals surface area contributed by atoms with Gasteiger partial charge in [-0.25, -0.2) is 4.39 Å². The van der Waals surface area contributed by atoms with E-state index in [1.807, 2.05) is 19.1 Å². The van der Waals surface area contributed by atoms with E-state index in [4.69, 9.17) is 0 Å². The fraction of sp³-hybridized carbons (Fsp3) is 0.538. The number of benzene rings is 1. The molecule has 0 bridgehead atoms. The van der Waals surface area contributed by atoms with Crippen molar-refractivity contribution in [3.63, 3.8) is 0 Å². The van der Waals surface area contributed by atoms with Crippen LogP contribution in [0.1, 0.15) is 44.4 Å². The van der Waals surface area contributed by atoms with Gasteiger partial charge in [0.15, 0.2) is 0 Å². The molecule has 0 heterocycles. The van der Waals surface area contributed by atoms with Gasteiger partial charge in [-0.3, -0.25) is 0 Å². The van der Waals surface area contributed by atoms with Crippen molar-refractivity contribution in [2.45, 2.75) is 45.4 Å². The van der Waals surface area contributed by atoms with Crippen LogP contribution in [0.15, 0.2) is 18.2 Å². The maximum Gasteiger partial charge on any atom is 0.145 e. The van der Waals surface area contributed by atoms with Crippen LogP contribution in [0.5, 0.6) is 0 Å². The van der Waals surface area contributed by atoms with Crippen molar-refractivity contribution in [1.82, 2.24) is 0 Å². The molecule has 1 rings (SSSR count). The molecule has 0 aliphatic rings. The minimum Gasteiger partial charge on any atom is -0.235 e. The van der Waals surface area contributed by atoms with Gasteiger partial charge in [0.05, 0.1) is 0 Å². The van der Waals surface area contributed by atoms with Gasteiger partial charge in [-0.2, -0.15) is 0 Å². The van der Waals surface area contributed by atoms with Crippen LogP contribution in [-0.2, 0) is 10.8 Å². The van der Waals surface area contributed by atoms with E-state index in [1.54, 1.807) is 6.92 Å². The fourth-order valence-corrected chi connectivity index (χ4v) is 1.66. The summed E-state index contributed by atoms with van der Waals surface area (Å²) in [6.07, 6.45) is 0. The minimum atomic E-state index is -1.34. The molecule has 84 valence electrons. The Morgan fingerprint density at radius 2 is 1.47 bits per heavy atom. The molecule has 2 unspecified atom stereocenters. The predicted molar refractivity (Wildman–Crippen MR) is 68.0 cm³/mol. The monoisotopic (exact) mass is 226 g/mol. The Labute approximate surface area is 94.5 Å². The van der Waals surface area contributed by atoms with Crippen molar-refractivity contribution in [2.75, 3.05) is 0 Å². The van der Waals surface area contributed by atoms with E-state index in [0.717, 1.165) is 11.1 Å². The lowest BCUT2D eigenvalue weighted by atomic mass is 9.84. The van der Waals surface area contributed by atoms with E-state index in [2.05, 4.69) is 36.1 Å². The molecule has 0 aromatic heterocycles. The number of hydrogen-bond acceptors (Lipinski definition) is 0. The summed E-state index contributed by atoms with van der Waals surface area (Å²) in [6.45, 7) is 10.0. The van der Waals surface area contributed by atoms with Gasteiger partial charge in [0.25, 0.3) is 0 Å². The predicted octanol–water partition coefficient (Wildman–Crippen LogP) is 4.31. The first-order valence-electron chi connectivity index (χ1n) is 5.21. The zero-order valence-electron chi connectivity index (χ0n) is 10.2. The summed E-state index contributed by atoms with van der Waals surface area (Å²) in [5.41, 5.74) is 3.10. The van der Waals surface area contributed by atoms with E-state index < -0.39 is 5.41 Å². The molecule has 0 spiro atoms. The smallest absolute Gasteiger partial charge is 0.145 e. The highest BCUT2D eigenvalue weighted by Crippen LogP contribution is 2.35. The van der Waals surface area contributed by atoms with Crippen LogP contribution in [0.2, 0.25) is 0 Å². The van der Waals surface area contributed by atoms with E-state index in [1.165, 1.54) is 5.56 Å². The normalized spacial score (nSPS) is 16.2. The molecular weight excluding hydrogens is 206 g/mol. The average molecular weight is 226 g/mol. The number of aryl methyl sites for hydroxylation is 1. The molecule has 0 N–H and O–H groups in total. The lowest BCUT2D eigenvalue weighted by molar-refractivity contribution is 0.323. The zero-order valence-corrected chi connectivity index (χ0v) is 11.3. The molecule has 0 aliphatic carbocycles. The summed E-state index contributed by atoms with van der Waals surface area (Å²) >= 11 is 0. The molecule has 2 atom stereocenters. The van der Waals surface area contributed by atoms with Crippen molar-refractivity contribution < 1.29 is 4.39 Å². The second-order valence-electron chi connectivity index (χ2n) is 5.41. The summed E-state index contributed by atoms with van der Waals surface area (Å²) < 4.78 is 13.8. The molecule has 15 heavy (non-hydrogen) atoms. The van der Waals surface area contributed by atoms with E-state index >= 15 is 0 Å². The van der Waals surface area contributed by atoms with E-state index in [9.17, 15) is 4.39 Å². The summed E-state index contributed by atoms with van der Waals surface area (Å²) in [4.78, 5) is 0. The van der Waals surface area contributed by atoms with Crippen LogP contribution in [0.3, 0.4) is 0 Å². The SMILES string of the molecule is Cc1cc(C(C)(C)C)cc(C(C)(F)P)c1. The largest absolute Gasteiger partial charge is 0.235 e. The first kappa shape index (κ1) is 12.6. The zero-order chi connectivity index (χ0) is 11.9. The van der Waals surface area contributed by atoms with Crippen molar-refractivity contribution in [3.05, 3.63) is 34.9 Å². The second kappa shape index (κ2) is 3.87. The lowest BCUT2D eigenvalue weighted by Crippen LogP contribution is -2.14. The average Bonchev–Trinajstić information content (AvgIpc) is 1.99. The number of hydrogen-bond donors (Lipinski definition) is 0. The van der Waals surface area contributed by atoms with Crippen LogP contribution >= 0.6 is 9.24 Å². The third-order valence-electron chi connectivity index (χ3n) is 2.51. The quantitative estimate of drug-likeness (QED) is 0.626. The van der Waals surface area contributed by atoms with Crippen molar-refractivity contribution in [1.29, 1.82) is 0 Å². The molecule has 0 nitrogen and oxygen atoms in total. The first-order valence-corrected chi connectivity index (χ1v) is 5.79. The van der Waals surface area contributed by atoms with Crippen LogP contribution < -0.4 is 0 Å². The van der Waals surface area contributed by atoms with Crippen LogP contribution in [0.4, 0.5) is 4.39 Å². The molecule has 0 fully saturated rings. The molecule has 2 heteroatoms. The molecule has 0 radical (unpaired) electrons. The van der Waals surface area contributed by atoms with Gasteiger partial charge in [0, 0.05) is 0 Å². The molecule has 1 aromatic rings. The molecule has 1 aromatic carbocycles. The summed E-state index contributed by atoms with van der Waals surface area (Å²) in [6, 6.07) is 5.99. The van der Waals surface area contributed by atoms with Crippen LogP contribution in [0.25, 0.3) is 0 Å². The first-order chi connectivity index (χ1) is 6.60. The van der Waals surface area contributed by atoms with Gasteiger partial charge in [0.2, 0.25) is 0 Å². The van der Waals surface area contributed by atoms with E-state index in [-0.39, 0.29) is 5.41 Å². The summed E-state index contributed by atoms with van der Waals surface area (Å²) in [5.74, 6) is 0. The van der Waals surface area contributed by atoms with Crippen LogP contribution in [-0.4, -0.2) is 0 Å². The standard InChI is InChI=1S/C13H20FP/c1-9-6-10(12(2,3)4)8-11(7-9)13(5,14)15/h6-8H,15H2,1-5H3. The Balaban J connectivity index is 3.30. The topological polar surface area (TPSA) is 0 Å². The molecular formula is C13H20FP. The fourth-order valence-electron chi connectivity index (χ4n) is 1.50. The Morgan fingerprint density at radius 1 is 1.00 bits per heavy atom. The van der Waals surface area contributed by atoms with Gasteiger partial charge >= 0.3 is 0 Å². The highest BCUT2D eigenvalue weighted by molar-refractivity contribution is 7.18. The van der Waals surface area contributed by atoms with Crippen LogP contribution in [0, 0.1) is 6.92 Å². The Bertz CT molecular complexity index is 324. The summed E-state index contributed by atoms with van der Waals surface area (Å²) in [7, 11) is 2.25. The van der Waals surface area contributed by atoms with Gasteiger partial charge in [-0.05, 0) is 30.4 Å². The highest BCUT2D eigenvalue weighted by Gasteiger charge is 2.22. The van der Waals surface area contributed by atoms with E-state index in [0.29, 0.717) is 0 Å². The van der Waals surface area contributed by atoms with Gasteiger partial charge in [0.1, 0.15) is 5.41 Å². The third-order valence-corrected chi connectivity index (χ3v) is 2.84.